The van der Waals surface area contributed by atoms with Gasteiger partial charge >= 0.3 is 0 Å². The molecule has 0 fully saturated rings. The number of rotatable bonds is 1. The van der Waals surface area contributed by atoms with Crippen molar-refractivity contribution >= 4 is 11.6 Å². The molecule has 0 aromatic heterocycles. The van der Waals surface area contributed by atoms with Gasteiger partial charge in [-0.05, 0) is 29.8 Å². The highest BCUT2D eigenvalue weighted by molar-refractivity contribution is 6.30. The van der Waals surface area contributed by atoms with E-state index in [1.807, 2.05) is 36.4 Å². The van der Waals surface area contributed by atoms with E-state index in [0.29, 0.717) is 16.5 Å². The average Bonchev–Trinajstić information content (AvgIpc) is 2.60. The summed E-state index contributed by atoms with van der Waals surface area (Å²) in [6.07, 6.45) is -1.19. The van der Waals surface area contributed by atoms with Gasteiger partial charge in [-0.1, -0.05) is 35.9 Å². The summed E-state index contributed by atoms with van der Waals surface area (Å²) >= 11 is 5.87. The van der Waals surface area contributed by atoms with Gasteiger partial charge in [-0.3, -0.25) is 0 Å². The van der Waals surface area contributed by atoms with Gasteiger partial charge in [0.15, 0.2) is 17.6 Å². The van der Waals surface area contributed by atoms with Gasteiger partial charge in [0, 0.05) is 5.02 Å². The molecule has 98 valence electrons. The van der Waals surface area contributed by atoms with Crippen LogP contribution in [-0.4, -0.2) is 17.8 Å². The number of fused-ring (bicyclic) bond motifs is 1. The highest BCUT2D eigenvalue weighted by atomic mass is 35.5. The van der Waals surface area contributed by atoms with Gasteiger partial charge in [0.25, 0.3) is 0 Å². The third kappa shape index (κ3) is 2.53. The molecule has 0 spiro atoms. The van der Waals surface area contributed by atoms with Gasteiger partial charge < -0.3 is 14.6 Å². The van der Waals surface area contributed by atoms with Crippen molar-refractivity contribution in [2.45, 2.75) is 12.2 Å². The minimum atomic E-state index is -0.728. The van der Waals surface area contributed by atoms with Crippen molar-refractivity contribution in [1.82, 2.24) is 0 Å². The van der Waals surface area contributed by atoms with E-state index < -0.39 is 12.2 Å². The zero-order valence-electron chi connectivity index (χ0n) is 10.1. The summed E-state index contributed by atoms with van der Waals surface area (Å²) in [6, 6.07) is 14.7. The van der Waals surface area contributed by atoms with Crippen molar-refractivity contribution in [3.63, 3.8) is 0 Å². The molecule has 1 aliphatic heterocycles. The molecule has 1 heterocycles. The van der Waals surface area contributed by atoms with Crippen LogP contribution in [0.25, 0.3) is 0 Å². The third-order valence-corrected chi connectivity index (χ3v) is 3.31. The number of hydrogen-bond donors (Lipinski definition) is 1. The van der Waals surface area contributed by atoms with Crippen LogP contribution in [0.5, 0.6) is 11.5 Å². The molecule has 1 N–H and O–H groups in total. The summed E-state index contributed by atoms with van der Waals surface area (Å²) in [7, 11) is 0. The SMILES string of the molecule is OC1COc2ccccc2OC1c1ccc(Cl)cc1. The topological polar surface area (TPSA) is 38.7 Å². The van der Waals surface area contributed by atoms with Crippen molar-refractivity contribution in [3.05, 3.63) is 59.1 Å². The first kappa shape index (κ1) is 12.3. The average molecular weight is 277 g/mol. The minimum Gasteiger partial charge on any atom is -0.487 e. The number of benzene rings is 2. The molecule has 0 saturated carbocycles. The largest absolute Gasteiger partial charge is 0.487 e. The number of para-hydroxylation sites is 2. The van der Waals surface area contributed by atoms with E-state index in [1.54, 1.807) is 12.1 Å². The molecule has 0 saturated heterocycles. The molecule has 2 aromatic rings. The summed E-state index contributed by atoms with van der Waals surface area (Å²) in [5.41, 5.74) is 0.872. The molecule has 19 heavy (non-hydrogen) atoms. The molecule has 3 nitrogen and oxygen atoms in total. The lowest BCUT2D eigenvalue weighted by Crippen LogP contribution is -2.27. The fourth-order valence-electron chi connectivity index (χ4n) is 2.09. The Labute approximate surface area is 116 Å². The third-order valence-electron chi connectivity index (χ3n) is 3.06. The smallest absolute Gasteiger partial charge is 0.162 e. The molecular formula is C15H13ClO3. The first-order valence-electron chi connectivity index (χ1n) is 6.06. The van der Waals surface area contributed by atoms with E-state index in [2.05, 4.69) is 0 Å². The van der Waals surface area contributed by atoms with Crippen molar-refractivity contribution in [2.24, 2.45) is 0 Å². The maximum absolute atomic E-state index is 10.2. The van der Waals surface area contributed by atoms with Gasteiger partial charge in [0.1, 0.15) is 12.7 Å². The second-order valence-electron chi connectivity index (χ2n) is 4.42. The molecule has 2 unspecified atom stereocenters. The van der Waals surface area contributed by atoms with Crippen LogP contribution < -0.4 is 9.47 Å². The van der Waals surface area contributed by atoms with Crippen molar-refractivity contribution in [3.8, 4) is 11.5 Å². The van der Waals surface area contributed by atoms with E-state index in [-0.39, 0.29) is 6.61 Å². The molecule has 0 bridgehead atoms. The van der Waals surface area contributed by atoms with E-state index in [1.165, 1.54) is 0 Å². The second-order valence-corrected chi connectivity index (χ2v) is 4.85. The van der Waals surface area contributed by atoms with Gasteiger partial charge in [0.2, 0.25) is 0 Å². The summed E-state index contributed by atoms with van der Waals surface area (Å²) < 4.78 is 11.4. The predicted molar refractivity (Wildman–Crippen MR) is 72.8 cm³/mol. The Morgan fingerprint density at radius 3 is 2.42 bits per heavy atom. The molecule has 2 aromatic carbocycles. The lowest BCUT2D eigenvalue weighted by molar-refractivity contribution is 0.0214. The standard InChI is InChI=1S/C15H13ClO3/c16-11-7-5-10(6-8-11)15-12(17)9-18-13-3-1-2-4-14(13)19-15/h1-8,12,15,17H,9H2. The Balaban J connectivity index is 1.94. The summed E-state index contributed by atoms with van der Waals surface area (Å²) in [4.78, 5) is 0. The van der Waals surface area contributed by atoms with E-state index in [9.17, 15) is 5.11 Å². The molecule has 1 aliphatic rings. The fourth-order valence-corrected chi connectivity index (χ4v) is 2.21. The molecule has 2 atom stereocenters. The maximum Gasteiger partial charge on any atom is 0.162 e. The lowest BCUT2D eigenvalue weighted by atomic mass is 10.0. The molecule has 3 rings (SSSR count). The van der Waals surface area contributed by atoms with Crippen LogP contribution in [-0.2, 0) is 0 Å². The Kier molecular flexibility index (Phi) is 3.32. The van der Waals surface area contributed by atoms with Crippen LogP contribution in [0.3, 0.4) is 0 Å². The van der Waals surface area contributed by atoms with E-state index >= 15 is 0 Å². The van der Waals surface area contributed by atoms with Crippen LogP contribution in [0.1, 0.15) is 11.7 Å². The van der Waals surface area contributed by atoms with Gasteiger partial charge in [-0.25, -0.2) is 0 Å². The molecular weight excluding hydrogens is 264 g/mol. The normalized spacial score (nSPS) is 21.8. The van der Waals surface area contributed by atoms with Crippen molar-refractivity contribution in [1.29, 1.82) is 0 Å². The Hall–Kier alpha value is -1.71. The molecule has 4 heteroatoms. The summed E-state index contributed by atoms with van der Waals surface area (Å²) in [5.74, 6) is 1.29. The Morgan fingerprint density at radius 1 is 1.00 bits per heavy atom. The quantitative estimate of drug-likeness (QED) is 0.869. The van der Waals surface area contributed by atoms with Gasteiger partial charge in [-0.15, -0.1) is 0 Å². The van der Waals surface area contributed by atoms with Crippen LogP contribution in [0.15, 0.2) is 48.5 Å². The van der Waals surface area contributed by atoms with Crippen LogP contribution >= 0.6 is 11.6 Å². The van der Waals surface area contributed by atoms with Gasteiger partial charge in [-0.2, -0.15) is 0 Å². The van der Waals surface area contributed by atoms with Crippen molar-refractivity contribution < 1.29 is 14.6 Å². The number of halogens is 1. The highest BCUT2D eigenvalue weighted by Crippen LogP contribution is 2.35. The Bertz CT molecular complexity index is 568. The maximum atomic E-state index is 10.2. The lowest BCUT2D eigenvalue weighted by Gasteiger charge is -2.20. The monoisotopic (exact) mass is 276 g/mol. The highest BCUT2D eigenvalue weighted by Gasteiger charge is 2.28. The fraction of sp³-hybridized carbons (Fsp3) is 0.200. The molecule has 0 aliphatic carbocycles. The van der Waals surface area contributed by atoms with Gasteiger partial charge in [0.05, 0.1) is 0 Å². The first-order valence-corrected chi connectivity index (χ1v) is 6.44. The zero-order valence-corrected chi connectivity index (χ0v) is 10.9. The zero-order chi connectivity index (χ0) is 13.2. The summed E-state index contributed by atoms with van der Waals surface area (Å²) in [5, 5.41) is 10.8. The summed E-state index contributed by atoms with van der Waals surface area (Å²) in [6.45, 7) is 0.199. The first-order chi connectivity index (χ1) is 9.24. The van der Waals surface area contributed by atoms with Crippen LogP contribution in [0, 0.1) is 0 Å². The van der Waals surface area contributed by atoms with Crippen LogP contribution in [0.2, 0.25) is 5.02 Å². The van der Waals surface area contributed by atoms with E-state index in [4.69, 9.17) is 21.1 Å². The predicted octanol–water partition coefficient (Wildman–Crippen LogP) is 3.21. The number of ether oxygens (including phenoxy) is 2. The van der Waals surface area contributed by atoms with Crippen molar-refractivity contribution in [2.75, 3.05) is 6.61 Å². The van der Waals surface area contributed by atoms with Crippen LogP contribution in [0.4, 0.5) is 0 Å². The minimum absolute atomic E-state index is 0.199. The number of hydrogen-bond acceptors (Lipinski definition) is 3. The molecule has 0 radical (unpaired) electrons. The number of aliphatic hydroxyl groups is 1. The van der Waals surface area contributed by atoms with E-state index in [0.717, 1.165) is 5.56 Å². The second kappa shape index (κ2) is 5.11. The number of aliphatic hydroxyl groups excluding tert-OH is 1. The molecule has 0 amide bonds. The Morgan fingerprint density at radius 2 is 1.68 bits per heavy atom.